The number of hydrogen-bond donors (Lipinski definition) is 1. The molecular weight excluding hydrogens is 273 g/mol. The standard InChI is InChI=1S/C16H16FNO3/c1-10-7-12(4-5-14(10)18)16(19)21-9-11-3-6-15(20-2)13(17)8-11/h3-8H,9,18H2,1-2H3. The molecular formula is C16H16FNO3. The second kappa shape index (κ2) is 6.26. The van der Waals surface area contributed by atoms with Gasteiger partial charge in [0.15, 0.2) is 11.6 Å². The molecule has 0 bridgehead atoms. The number of rotatable bonds is 4. The summed E-state index contributed by atoms with van der Waals surface area (Å²) < 4.78 is 23.5. The van der Waals surface area contributed by atoms with Gasteiger partial charge in [-0.05, 0) is 48.4 Å². The third-order valence-corrected chi connectivity index (χ3v) is 3.09. The number of ether oxygens (including phenoxy) is 2. The SMILES string of the molecule is COc1ccc(COC(=O)c2ccc(N)c(C)c2)cc1F. The first-order valence-electron chi connectivity index (χ1n) is 6.37. The number of carbonyl (C=O) groups excluding carboxylic acids is 1. The van der Waals surface area contributed by atoms with Gasteiger partial charge >= 0.3 is 5.97 Å². The van der Waals surface area contributed by atoms with Gasteiger partial charge in [0.25, 0.3) is 0 Å². The summed E-state index contributed by atoms with van der Waals surface area (Å²) in [5, 5.41) is 0. The Bertz CT molecular complexity index is 671. The summed E-state index contributed by atoms with van der Waals surface area (Å²) in [7, 11) is 1.39. The zero-order valence-electron chi connectivity index (χ0n) is 11.9. The Labute approximate surface area is 122 Å². The van der Waals surface area contributed by atoms with Gasteiger partial charge in [-0.15, -0.1) is 0 Å². The van der Waals surface area contributed by atoms with Gasteiger partial charge in [0.1, 0.15) is 6.61 Å². The molecule has 0 aliphatic carbocycles. The average Bonchev–Trinajstić information content (AvgIpc) is 2.47. The second-order valence-corrected chi connectivity index (χ2v) is 4.62. The number of carbonyl (C=O) groups is 1. The molecule has 0 radical (unpaired) electrons. The van der Waals surface area contributed by atoms with E-state index >= 15 is 0 Å². The lowest BCUT2D eigenvalue weighted by Crippen LogP contribution is -2.06. The van der Waals surface area contributed by atoms with E-state index < -0.39 is 11.8 Å². The van der Waals surface area contributed by atoms with Crippen molar-refractivity contribution in [2.75, 3.05) is 12.8 Å². The van der Waals surface area contributed by atoms with E-state index in [2.05, 4.69) is 0 Å². The highest BCUT2D eigenvalue weighted by molar-refractivity contribution is 5.90. The Morgan fingerprint density at radius 3 is 2.62 bits per heavy atom. The molecule has 5 heteroatoms. The minimum absolute atomic E-state index is 0.0107. The molecule has 0 aliphatic rings. The zero-order valence-corrected chi connectivity index (χ0v) is 11.9. The normalized spacial score (nSPS) is 10.2. The van der Waals surface area contributed by atoms with Crippen molar-refractivity contribution in [3.05, 3.63) is 58.9 Å². The number of nitrogens with two attached hydrogens (primary N) is 1. The molecule has 0 saturated heterocycles. The maximum atomic E-state index is 13.5. The highest BCUT2D eigenvalue weighted by Gasteiger charge is 2.10. The first-order chi connectivity index (χ1) is 10.0. The summed E-state index contributed by atoms with van der Waals surface area (Å²) >= 11 is 0. The van der Waals surface area contributed by atoms with Crippen LogP contribution in [-0.2, 0) is 11.3 Å². The van der Waals surface area contributed by atoms with Crippen molar-refractivity contribution in [1.29, 1.82) is 0 Å². The van der Waals surface area contributed by atoms with E-state index in [9.17, 15) is 9.18 Å². The minimum atomic E-state index is -0.491. The predicted molar refractivity (Wildman–Crippen MR) is 77.7 cm³/mol. The van der Waals surface area contributed by atoms with E-state index in [0.717, 1.165) is 5.56 Å². The lowest BCUT2D eigenvalue weighted by Gasteiger charge is -2.08. The Morgan fingerprint density at radius 2 is 2.00 bits per heavy atom. The highest BCUT2D eigenvalue weighted by Crippen LogP contribution is 2.19. The van der Waals surface area contributed by atoms with Crippen LogP contribution < -0.4 is 10.5 Å². The van der Waals surface area contributed by atoms with E-state index in [4.69, 9.17) is 15.2 Å². The molecule has 2 aromatic rings. The molecule has 21 heavy (non-hydrogen) atoms. The molecule has 0 saturated carbocycles. The number of aryl methyl sites for hydroxylation is 1. The van der Waals surface area contributed by atoms with Gasteiger partial charge in [-0.1, -0.05) is 6.07 Å². The van der Waals surface area contributed by atoms with Crippen LogP contribution in [0.4, 0.5) is 10.1 Å². The maximum Gasteiger partial charge on any atom is 0.338 e. The van der Waals surface area contributed by atoms with Gasteiger partial charge in [0, 0.05) is 5.69 Å². The molecule has 4 nitrogen and oxygen atoms in total. The van der Waals surface area contributed by atoms with Gasteiger partial charge in [-0.25, -0.2) is 9.18 Å². The molecule has 0 heterocycles. The van der Waals surface area contributed by atoms with Crippen LogP contribution in [-0.4, -0.2) is 13.1 Å². The van der Waals surface area contributed by atoms with E-state index in [1.807, 2.05) is 6.92 Å². The van der Waals surface area contributed by atoms with Crippen molar-refractivity contribution in [1.82, 2.24) is 0 Å². The molecule has 0 atom stereocenters. The van der Waals surface area contributed by atoms with Crippen molar-refractivity contribution in [3.8, 4) is 5.75 Å². The van der Waals surface area contributed by atoms with E-state index in [0.29, 0.717) is 16.8 Å². The summed E-state index contributed by atoms with van der Waals surface area (Å²) in [6.07, 6.45) is 0. The average molecular weight is 289 g/mol. The van der Waals surface area contributed by atoms with Crippen LogP contribution in [0.2, 0.25) is 0 Å². The monoisotopic (exact) mass is 289 g/mol. The summed E-state index contributed by atoms with van der Waals surface area (Å²) in [5.41, 5.74) is 8.07. The molecule has 2 N–H and O–H groups in total. The smallest absolute Gasteiger partial charge is 0.338 e. The lowest BCUT2D eigenvalue weighted by molar-refractivity contribution is 0.0472. The van der Waals surface area contributed by atoms with Crippen LogP contribution in [0.25, 0.3) is 0 Å². The first-order valence-corrected chi connectivity index (χ1v) is 6.37. The number of nitrogen functional groups attached to an aromatic ring is 1. The van der Waals surface area contributed by atoms with Gasteiger partial charge in [-0.2, -0.15) is 0 Å². The molecule has 0 fully saturated rings. The molecule has 0 amide bonds. The molecule has 0 aromatic heterocycles. The van der Waals surface area contributed by atoms with Crippen molar-refractivity contribution >= 4 is 11.7 Å². The van der Waals surface area contributed by atoms with Gasteiger partial charge < -0.3 is 15.2 Å². The Balaban J connectivity index is 2.03. The molecule has 0 aliphatic heterocycles. The third kappa shape index (κ3) is 3.51. The zero-order chi connectivity index (χ0) is 15.4. The number of anilines is 1. The Kier molecular flexibility index (Phi) is 4.42. The van der Waals surface area contributed by atoms with Crippen LogP contribution in [0.15, 0.2) is 36.4 Å². The fraction of sp³-hybridized carbons (Fsp3) is 0.188. The number of benzene rings is 2. The predicted octanol–water partition coefficient (Wildman–Crippen LogP) is 3.08. The number of esters is 1. The summed E-state index contributed by atoms with van der Waals surface area (Å²) in [5.74, 6) is -0.817. The lowest BCUT2D eigenvalue weighted by atomic mass is 10.1. The number of hydrogen-bond acceptors (Lipinski definition) is 4. The van der Waals surface area contributed by atoms with Crippen LogP contribution in [0.3, 0.4) is 0 Å². The summed E-state index contributed by atoms with van der Waals surface area (Å²) in [6, 6.07) is 9.32. The van der Waals surface area contributed by atoms with Crippen LogP contribution >= 0.6 is 0 Å². The Morgan fingerprint density at radius 1 is 1.24 bits per heavy atom. The third-order valence-electron chi connectivity index (χ3n) is 3.09. The van der Waals surface area contributed by atoms with Crippen molar-refractivity contribution in [2.45, 2.75) is 13.5 Å². The van der Waals surface area contributed by atoms with Crippen LogP contribution in [0.1, 0.15) is 21.5 Å². The fourth-order valence-corrected chi connectivity index (χ4v) is 1.83. The molecule has 2 aromatic carbocycles. The van der Waals surface area contributed by atoms with Crippen LogP contribution in [0, 0.1) is 12.7 Å². The van der Waals surface area contributed by atoms with E-state index in [1.165, 1.54) is 19.2 Å². The quantitative estimate of drug-likeness (QED) is 0.694. The molecule has 110 valence electrons. The van der Waals surface area contributed by atoms with Crippen molar-refractivity contribution in [2.24, 2.45) is 0 Å². The largest absolute Gasteiger partial charge is 0.494 e. The van der Waals surface area contributed by atoms with Crippen molar-refractivity contribution < 1.29 is 18.7 Å². The van der Waals surface area contributed by atoms with E-state index in [-0.39, 0.29) is 12.4 Å². The second-order valence-electron chi connectivity index (χ2n) is 4.62. The summed E-state index contributed by atoms with van der Waals surface area (Å²) in [4.78, 5) is 11.9. The van der Waals surface area contributed by atoms with E-state index in [1.54, 1.807) is 24.3 Å². The first kappa shape index (κ1) is 14.8. The van der Waals surface area contributed by atoms with Gasteiger partial charge in [-0.3, -0.25) is 0 Å². The fourth-order valence-electron chi connectivity index (χ4n) is 1.83. The summed E-state index contributed by atoms with van der Waals surface area (Å²) in [6.45, 7) is 1.80. The topological polar surface area (TPSA) is 61.5 Å². The van der Waals surface area contributed by atoms with Crippen molar-refractivity contribution in [3.63, 3.8) is 0 Å². The molecule has 0 spiro atoms. The molecule has 2 rings (SSSR count). The van der Waals surface area contributed by atoms with Gasteiger partial charge in [0.05, 0.1) is 12.7 Å². The highest BCUT2D eigenvalue weighted by atomic mass is 19.1. The maximum absolute atomic E-state index is 13.5. The number of halogens is 1. The minimum Gasteiger partial charge on any atom is -0.494 e. The van der Waals surface area contributed by atoms with Crippen LogP contribution in [0.5, 0.6) is 5.75 Å². The number of methoxy groups -OCH3 is 1. The van der Waals surface area contributed by atoms with Gasteiger partial charge in [0.2, 0.25) is 0 Å². The molecule has 0 unspecified atom stereocenters. The Hall–Kier alpha value is -2.56.